The Bertz CT molecular complexity index is 353. The smallest absolute Gasteiger partial charge is 0.231 e. The van der Waals surface area contributed by atoms with E-state index in [-0.39, 0.29) is 0 Å². The highest BCUT2D eigenvalue weighted by molar-refractivity contribution is 5.03. The molecule has 5 nitrogen and oxygen atoms in total. The largest absolute Gasteiger partial charge is 0.339 e. The Hall–Kier alpha value is -0.940. The number of aromatic nitrogens is 2. The van der Waals surface area contributed by atoms with Gasteiger partial charge in [0, 0.05) is 19.0 Å². The summed E-state index contributed by atoms with van der Waals surface area (Å²) in [6, 6.07) is 0.759. The van der Waals surface area contributed by atoms with E-state index in [1.807, 2.05) is 0 Å². The van der Waals surface area contributed by atoms with E-state index in [0.717, 1.165) is 24.3 Å². The molecule has 2 fully saturated rings. The lowest BCUT2D eigenvalue weighted by Gasteiger charge is -2.12. The Morgan fingerprint density at radius 1 is 1.50 bits per heavy atom. The first-order chi connectivity index (χ1) is 7.86. The van der Waals surface area contributed by atoms with Crippen LogP contribution in [-0.4, -0.2) is 40.7 Å². The normalized spacial score (nSPS) is 29.8. The zero-order chi connectivity index (χ0) is 11.0. The van der Waals surface area contributed by atoms with E-state index in [9.17, 15) is 0 Å². The van der Waals surface area contributed by atoms with Crippen molar-refractivity contribution < 1.29 is 4.52 Å². The first-order valence-corrected chi connectivity index (χ1v) is 6.13. The van der Waals surface area contributed by atoms with Gasteiger partial charge in [-0.3, -0.25) is 4.90 Å². The van der Waals surface area contributed by atoms with Crippen LogP contribution in [0.4, 0.5) is 0 Å². The molecule has 3 rings (SSSR count). The number of nitrogens with zero attached hydrogens (tertiary/aromatic N) is 3. The van der Waals surface area contributed by atoms with Crippen LogP contribution in [0, 0.1) is 0 Å². The number of rotatable bonds is 3. The van der Waals surface area contributed by atoms with Crippen molar-refractivity contribution in [3.63, 3.8) is 0 Å². The van der Waals surface area contributed by atoms with Crippen molar-refractivity contribution in [2.75, 3.05) is 19.6 Å². The molecular formula is C11H18N4O. The second-order valence-electron chi connectivity index (χ2n) is 4.81. The molecular weight excluding hydrogens is 204 g/mol. The molecule has 0 aromatic carbocycles. The van der Waals surface area contributed by atoms with Crippen molar-refractivity contribution in [3.8, 4) is 0 Å². The highest BCUT2D eigenvalue weighted by Gasteiger charge is 2.38. The van der Waals surface area contributed by atoms with Gasteiger partial charge in [-0.2, -0.15) is 4.98 Å². The molecule has 0 radical (unpaired) electrons. The first kappa shape index (κ1) is 10.2. The van der Waals surface area contributed by atoms with Gasteiger partial charge in [0.15, 0.2) is 5.82 Å². The van der Waals surface area contributed by atoms with Gasteiger partial charge in [0.1, 0.15) is 0 Å². The van der Waals surface area contributed by atoms with Gasteiger partial charge in [-0.05, 0) is 32.4 Å². The lowest BCUT2D eigenvalue weighted by molar-refractivity contribution is 0.312. The molecule has 2 saturated heterocycles. The number of hydrogen-bond donors (Lipinski definition) is 1. The lowest BCUT2D eigenvalue weighted by Crippen LogP contribution is -2.22. The minimum atomic E-state index is 0.448. The van der Waals surface area contributed by atoms with Crippen molar-refractivity contribution in [2.45, 2.75) is 37.6 Å². The van der Waals surface area contributed by atoms with Gasteiger partial charge in [-0.15, -0.1) is 0 Å². The molecule has 2 aliphatic rings. The van der Waals surface area contributed by atoms with Crippen LogP contribution in [0.25, 0.3) is 0 Å². The summed E-state index contributed by atoms with van der Waals surface area (Å²) in [4.78, 5) is 6.98. The third-order valence-corrected chi connectivity index (χ3v) is 3.71. The Morgan fingerprint density at radius 2 is 2.44 bits per heavy atom. The van der Waals surface area contributed by atoms with Crippen LogP contribution in [0.5, 0.6) is 0 Å². The molecule has 0 bridgehead atoms. The molecule has 1 aromatic heterocycles. The molecule has 1 aromatic rings. The van der Waals surface area contributed by atoms with Gasteiger partial charge in [-0.1, -0.05) is 5.16 Å². The summed E-state index contributed by atoms with van der Waals surface area (Å²) in [5.74, 6) is 2.02. The standard InChI is InChI=1S/C11H18N4O/c12-4-3-10-13-11(16-14-10)8-6-9-2-1-5-15(9)7-8/h8-9H,1-7,12H2/t8-,9+/m0/s1. The van der Waals surface area contributed by atoms with E-state index in [2.05, 4.69) is 15.0 Å². The van der Waals surface area contributed by atoms with Crippen molar-refractivity contribution >= 4 is 0 Å². The lowest BCUT2D eigenvalue weighted by atomic mass is 10.0. The average Bonchev–Trinajstić information content (AvgIpc) is 2.88. The minimum Gasteiger partial charge on any atom is -0.339 e. The molecule has 0 spiro atoms. The maximum absolute atomic E-state index is 5.47. The third kappa shape index (κ3) is 1.74. The summed E-state index contributed by atoms with van der Waals surface area (Å²) in [5.41, 5.74) is 5.47. The minimum absolute atomic E-state index is 0.448. The van der Waals surface area contributed by atoms with Crippen LogP contribution < -0.4 is 5.73 Å². The number of fused-ring (bicyclic) bond motifs is 1. The molecule has 0 saturated carbocycles. The Morgan fingerprint density at radius 3 is 3.25 bits per heavy atom. The van der Waals surface area contributed by atoms with Gasteiger partial charge in [-0.25, -0.2) is 0 Å². The quantitative estimate of drug-likeness (QED) is 0.807. The number of nitrogens with two attached hydrogens (primary N) is 1. The number of hydrogen-bond acceptors (Lipinski definition) is 5. The Balaban J connectivity index is 1.68. The molecule has 16 heavy (non-hydrogen) atoms. The van der Waals surface area contributed by atoms with Gasteiger partial charge in [0.05, 0.1) is 5.92 Å². The highest BCUT2D eigenvalue weighted by Crippen LogP contribution is 2.36. The van der Waals surface area contributed by atoms with E-state index in [1.54, 1.807) is 0 Å². The third-order valence-electron chi connectivity index (χ3n) is 3.71. The van der Waals surface area contributed by atoms with Gasteiger partial charge in [0.25, 0.3) is 0 Å². The first-order valence-electron chi connectivity index (χ1n) is 6.13. The van der Waals surface area contributed by atoms with E-state index in [0.29, 0.717) is 18.9 Å². The maximum atomic E-state index is 5.47. The van der Waals surface area contributed by atoms with Crippen LogP contribution in [-0.2, 0) is 6.42 Å². The van der Waals surface area contributed by atoms with Crippen molar-refractivity contribution in [2.24, 2.45) is 5.73 Å². The van der Waals surface area contributed by atoms with Crippen molar-refractivity contribution in [1.82, 2.24) is 15.0 Å². The molecule has 2 N–H and O–H groups in total. The Labute approximate surface area is 95.0 Å². The fraction of sp³-hybridized carbons (Fsp3) is 0.818. The maximum Gasteiger partial charge on any atom is 0.231 e. The molecule has 0 unspecified atom stereocenters. The monoisotopic (exact) mass is 222 g/mol. The molecule has 0 amide bonds. The summed E-state index contributed by atoms with van der Waals surface area (Å²) >= 11 is 0. The van der Waals surface area contributed by atoms with Crippen LogP contribution in [0.2, 0.25) is 0 Å². The average molecular weight is 222 g/mol. The van der Waals surface area contributed by atoms with Crippen molar-refractivity contribution in [3.05, 3.63) is 11.7 Å². The predicted octanol–water partition coefficient (Wildman–Crippen LogP) is 0.522. The van der Waals surface area contributed by atoms with Crippen LogP contribution in [0.3, 0.4) is 0 Å². The topological polar surface area (TPSA) is 68.2 Å². The van der Waals surface area contributed by atoms with Crippen LogP contribution in [0.15, 0.2) is 4.52 Å². The summed E-state index contributed by atoms with van der Waals surface area (Å²) in [6.07, 6.45) is 4.58. The second kappa shape index (κ2) is 4.14. The summed E-state index contributed by atoms with van der Waals surface area (Å²) in [5, 5.41) is 3.96. The van der Waals surface area contributed by atoms with Crippen molar-refractivity contribution in [1.29, 1.82) is 0 Å². The fourth-order valence-electron chi connectivity index (χ4n) is 2.93. The summed E-state index contributed by atoms with van der Waals surface area (Å²) in [6.45, 7) is 2.91. The molecule has 3 heterocycles. The van der Waals surface area contributed by atoms with Crippen LogP contribution >= 0.6 is 0 Å². The molecule has 5 heteroatoms. The summed E-state index contributed by atoms with van der Waals surface area (Å²) < 4.78 is 5.32. The molecule has 88 valence electrons. The predicted molar refractivity (Wildman–Crippen MR) is 59.0 cm³/mol. The van der Waals surface area contributed by atoms with Gasteiger partial charge >= 0.3 is 0 Å². The van der Waals surface area contributed by atoms with E-state index < -0.39 is 0 Å². The molecule has 2 atom stereocenters. The fourth-order valence-corrected chi connectivity index (χ4v) is 2.93. The Kier molecular flexibility index (Phi) is 2.65. The van der Waals surface area contributed by atoms with E-state index >= 15 is 0 Å². The molecule has 2 aliphatic heterocycles. The second-order valence-corrected chi connectivity index (χ2v) is 4.81. The van der Waals surface area contributed by atoms with E-state index in [1.165, 1.54) is 25.8 Å². The van der Waals surface area contributed by atoms with Gasteiger partial charge < -0.3 is 10.3 Å². The zero-order valence-corrected chi connectivity index (χ0v) is 9.43. The van der Waals surface area contributed by atoms with Gasteiger partial charge in [0.2, 0.25) is 5.89 Å². The highest BCUT2D eigenvalue weighted by atomic mass is 16.5. The summed E-state index contributed by atoms with van der Waals surface area (Å²) in [7, 11) is 0. The van der Waals surface area contributed by atoms with Crippen LogP contribution in [0.1, 0.15) is 36.9 Å². The van der Waals surface area contributed by atoms with E-state index in [4.69, 9.17) is 10.3 Å². The zero-order valence-electron chi connectivity index (χ0n) is 9.43. The molecule has 0 aliphatic carbocycles. The SMILES string of the molecule is NCCc1noc([C@H]2C[C@H]3CCCN3C2)n1.